The third-order valence-corrected chi connectivity index (χ3v) is 2.40. The van der Waals surface area contributed by atoms with Gasteiger partial charge < -0.3 is 10.2 Å². The van der Waals surface area contributed by atoms with Crippen LogP contribution in [0.4, 0.5) is 0 Å². The van der Waals surface area contributed by atoms with Gasteiger partial charge in [-0.2, -0.15) is 0 Å². The monoisotopic (exact) mass is 246 g/mol. The number of carboxylic acid groups (broad SMARTS) is 2. The normalized spacial score (nSPS) is 11.6. The average molecular weight is 246 g/mol. The molecule has 0 saturated carbocycles. The fourth-order valence-electron chi connectivity index (χ4n) is 1.25. The zero-order chi connectivity index (χ0) is 13.8. The fourth-order valence-corrected chi connectivity index (χ4v) is 1.25. The van der Waals surface area contributed by atoms with E-state index in [4.69, 9.17) is 10.2 Å². The molecule has 0 aliphatic rings. The van der Waals surface area contributed by atoms with Crippen molar-refractivity contribution < 1.29 is 19.8 Å². The fraction of sp³-hybridized carbons (Fsp3) is 0.846. The minimum atomic E-state index is -0.711. The van der Waals surface area contributed by atoms with E-state index in [2.05, 4.69) is 13.8 Å². The van der Waals surface area contributed by atoms with Gasteiger partial charge in [-0.15, -0.1) is 0 Å². The molecule has 0 aliphatic heterocycles. The van der Waals surface area contributed by atoms with E-state index in [0.29, 0.717) is 12.3 Å². The molecule has 17 heavy (non-hydrogen) atoms. The van der Waals surface area contributed by atoms with Crippen LogP contribution in [-0.4, -0.2) is 22.2 Å². The molecule has 0 heterocycles. The molecule has 0 aromatic rings. The molecule has 2 N–H and O–H groups in total. The number of rotatable bonds is 7. The van der Waals surface area contributed by atoms with Crippen LogP contribution in [0.15, 0.2) is 0 Å². The maximum Gasteiger partial charge on any atom is 0.306 e. The van der Waals surface area contributed by atoms with Crippen LogP contribution in [0.3, 0.4) is 0 Å². The Bertz CT molecular complexity index is 211. The standard InChI is InChI=1S/C9H18O2.C4H8O2/c1-4-8(9(10)11)6-5-7(2)3;1-2-3-4(5)6/h7-8H,4-6H2,1-3H3,(H,10,11);2-3H2,1H3,(H,5,6). The lowest BCUT2D eigenvalue weighted by atomic mass is 9.96. The molecule has 0 fully saturated rings. The predicted octanol–water partition coefficient (Wildman–Crippen LogP) is 3.40. The van der Waals surface area contributed by atoms with Gasteiger partial charge in [-0.1, -0.05) is 34.1 Å². The van der Waals surface area contributed by atoms with Crippen molar-refractivity contribution >= 4 is 11.9 Å². The zero-order valence-electron chi connectivity index (χ0n) is 11.4. The van der Waals surface area contributed by atoms with E-state index in [-0.39, 0.29) is 5.92 Å². The maximum absolute atomic E-state index is 10.5. The highest BCUT2D eigenvalue weighted by atomic mass is 16.4. The second kappa shape index (κ2) is 11.4. The summed E-state index contributed by atoms with van der Waals surface area (Å²) in [5.74, 6) is -0.869. The summed E-state index contributed by atoms with van der Waals surface area (Å²) in [6, 6.07) is 0. The zero-order valence-corrected chi connectivity index (χ0v) is 11.4. The molecule has 0 amide bonds. The van der Waals surface area contributed by atoms with E-state index in [9.17, 15) is 9.59 Å². The second-order valence-corrected chi connectivity index (χ2v) is 4.56. The summed E-state index contributed by atoms with van der Waals surface area (Å²) in [5, 5.41) is 16.6. The van der Waals surface area contributed by atoms with Crippen LogP contribution in [0.1, 0.15) is 59.8 Å². The lowest BCUT2D eigenvalue weighted by molar-refractivity contribution is -0.142. The molecule has 0 rings (SSSR count). The Hall–Kier alpha value is -1.06. The lowest BCUT2D eigenvalue weighted by Crippen LogP contribution is -2.13. The minimum absolute atomic E-state index is 0.127. The Kier molecular flexibility index (Phi) is 12.3. The molecule has 4 heteroatoms. The van der Waals surface area contributed by atoms with Gasteiger partial charge in [0, 0.05) is 6.42 Å². The van der Waals surface area contributed by atoms with Crippen LogP contribution < -0.4 is 0 Å². The van der Waals surface area contributed by atoms with Gasteiger partial charge in [0.25, 0.3) is 0 Å². The van der Waals surface area contributed by atoms with Gasteiger partial charge in [0.1, 0.15) is 0 Å². The van der Waals surface area contributed by atoms with Crippen molar-refractivity contribution in [1.82, 2.24) is 0 Å². The molecular weight excluding hydrogens is 220 g/mol. The summed E-state index contributed by atoms with van der Waals surface area (Å²) < 4.78 is 0. The summed E-state index contributed by atoms with van der Waals surface area (Å²) in [6.07, 6.45) is 3.62. The molecule has 0 bridgehead atoms. The largest absolute Gasteiger partial charge is 0.481 e. The molecule has 102 valence electrons. The number of aliphatic carboxylic acids is 2. The lowest BCUT2D eigenvalue weighted by Gasteiger charge is -2.10. The number of carbonyl (C=O) groups is 2. The second-order valence-electron chi connectivity index (χ2n) is 4.56. The third-order valence-electron chi connectivity index (χ3n) is 2.40. The first-order chi connectivity index (χ1) is 7.84. The van der Waals surface area contributed by atoms with Gasteiger partial charge in [-0.25, -0.2) is 0 Å². The van der Waals surface area contributed by atoms with Crippen molar-refractivity contribution in [3.05, 3.63) is 0 Å². The average Bonchev–Trinajstić information content (AvgIpc) is 2.18. The van der Waals surface area contributed by atoms with Crippen molar-refractivity contribution in [3.8, 4) is 0 Å². The van der Waals surface area contributed by atoms with Crippen LogP contribution >= 0.6 is 0 Å². The molecular formula is C13H26O4. The van der Waals surface area contributed by atoms with Crippen LogP contribution in [0.25, 0.3) is 0 Å². The molecule has 0 aliphatic carbocycles. The van der Waals surface area contributed by atoms with Gasteiger partial charge in [0.2, 0.25) is 0 Å². The minimum Gasteiger partial charge on any atom is -0.481 e. The van der Waals surface area contributed by atoms with E-state index in [1.165, 1.54) is 0 Å². The molecule has 0 saturated heterocycles. The van der Waals surface area contributed by atoms with Crippen LogP contribution in [0, 0.1) is 11.8 Å². The first-order valence-electron chi connectivity index (χ1n) is 6.29. The number of hydrogen-bond acceptors (Lipinski definition) is 2. The summed E-state index contributed by atoms with van der Waals surface area (Å²) in [7, 11) is 0. The molecule has 0 spiro atoms. The topological polar surface area (TPSA) is 74.6 Å². The summed E-state index contributed by atoms with van der Waals surface area (Å²) in [6.45, 7) is 8.01. The van der Waals surface area contributed by atoms with Crippen molar-refractivity contribution in [1.29, 1.82) is 0 Å². The van der Waals surface area contributed by atoms with Gasteiger partial charge in [0.05, 0.1) is 5.92 Å². The maximum atomic E-state index is 10.5. The quantitative estimate of drug-likeness (QED) is 0.722. The van der Waals surface area contributed by atoms with Crippen molar-refractivity contribution in [3.63, 3.8) is 0 Å². The Morgan fingerprint density at radius 1 is 1.06 bits per heavy atom. The van der Waals surface area contributed by atoms with Gasteiger partial charge >= 0.3 is 11.9 Å². The predicted molar refractivity (Wildman–Crippen MR) is 68.0 cm³/mol. The van der Waals surface area contributed by atoms with Crippen molar-refractivity contribution in [2.75, 3.05) is 0 Å². The molecule has 1 unspecified atom stereocenters. The van der Waals surface area contributed by atoms with Gasteiger partial charge in [-0.3, -0.25) is 9.59 Å². The van der Waals surface area contributed by atoms with Gasteiger partial charge in [-0.05, 0) is 25.2 Å². The molecule has 4 nitrogen and oxygen atoms in total. The Labute approximate surface area is 104 Å². The highest BCUT2D eigenvalue weighted by Crippen LogP contribution is 2.15. The molecule has 0 radical (unpaired) electrons. The number of carboxylic acids is 2. The summed E-state index contributed by atoms with van der Waals surface area (Å²) in [4.78, 5) is 20.1. The van der Waals surface area contributed by atoms with E-state index in [0.717, 1.165) is 25.7 Å². The smallest absolute Gasteiger partial charge is 0.306 e. The van der Waals surface area contributed by atoms with E-state index in [1.807, 2.05) is 13.8 Å². The van der Waals surface area contributed by atoms with Crippen LogP contribution in [-0.2, 0) is 9.59 Å². The van der Waals surface area contributed by atoms with E-state index >= 15 is 0 Å². The first-order valence-corrected chi connectivity index (χ1v) is 6.29. The molecule has 0 aromatic carbocycles. The molecule has 1 atom stereocenters. The summed E-state index contributed by atoms with van der Waals surface area (Å²) in [5.41, 5.74) is 0. The number of hydrogen-bond donors (Lipinski definition) is 2. The Balaban J connectivity index is 0. The molecule has 0 aromatic heterocycles. The van der Waals surface area contributed by atoms with Crippen molar-refractivity contribution in [2.45, 2.75) is 59.8 Å². The van der Waals surface area contributed by atoms with Crippen LogP contribution in [0.2, 0.25) is 0 Å². The Morgan fingerprint density at radius 2 is 1.59 bits per heavy atom. The highest BCUT2D eigenvalue weighted by molar-refractivity contribution is 5.69. The van der Waals surface area contributed by atoms with Gasteiger partial charge in [0.15, 0.2) is 0 Å². The highest BCUT2D eigenvalue weighted by Gasteiger charge is 2.14. The third kappa shape index (κ3) is 14.9. The first kappa shape index (κ1) is 18.3. The Morgan fingerprint density at radius 3 is 1.76 bits per heavy atom. The SMILES string of the molecule is CCC(CCC(C)C)C(=O)O.CCCC(=O)O. The van der Waals surface area contributed by atoms with E-state index in [1.54, 1.807) is 0 Å². The van der Waals surface area contributed by atoms with Crippen LogP contribution in [0.5, 0.6) is 0 Å². The summed E-state index contributed by atoms with van der Waals surface area (Å²) >= 11 is 0. The van der Waals surface area contributed by atoms with E-state index < -0.39 is 11.9 Å². The van der Waals surface area contributed by atoms with Crippen molar-refractivity contribution in [2.24, 2.45) is 11.8 Å².